The van der Waals surface area contributed by atoms with Crippen LogP contribution >= 0.6 is 0 Å². The van der Waals surface area contributed by atoms with Gasteiger partial charge in [0.05, 0.1) is 12.9 Å². The average molecular weight is 254 g/mol. The summed E-state index contributed by atoms with van der Waals surface area (Å²) in [7, 11) is 0. The minimum absolute atomic E-state index is 0.102. The SMILES string of the molecule is CC(C)NCC(=O)N[C@H](Cc1cnc[nH]1)C(=O)O. The molecule has 0 aliphatic rings. The van der Waals surface area contributed by atoms with Gasteiger partial charge in [0.2, 0.25) is 5.91 Å². The molecule has 1 rings (SSSR count). The molecule has 1 amide bonds. The fraction of sp³-hybridized carbons (Fsp3) is 0.545. The van der Waals surface area contributed by atoms with E-state index in [0.29, 0.717) is 5.69 Å². The number of rotatable bonds is 7. The second-order valence-electron chi connectivity index (χ2n) is 4.27. The zero-order valence-electron chi connectivity index (χ0n) is 10.4. The molecule has 7 heteroatoms. The Morgan fingerprint density at radius 3 is 2.72 bits per heavy atom. The van der Waals surface area contributed by atoms with Crippen molar-refractivity contribution in [3.63, 3.8) is 0 Å². The van der Waals surface area contributed by atoms with Gasteiger partial charge >= 0.3 is 5.97 Å². The lowest BCUT2D eigenvalue weighted by Crippen LogP contribution is -2.46. The Morgan fingerprint density at radius 2 is 2.22 bits per heavy atom. The van der Waals surface area contributed by atoms with Gasteiger partial charge in [-0.05, 0) is 0 Å². The summed E-state index contributed by atoms with van der Waals surface area (Å²) in [4.78, 5) is 29.2. The van der Waals surface area contributed by atoms with Gasteiger partial charge in [0.15, 0.2) is 0 Å². The Bertz CT molecular complexity index is 389. The van der Waals surface area contributed by atoms with E-state index >= 15 is 0 Å². The number of H-pyrrole nitrogens is 1. The molecule has 1 heterocycles. The summed E-state index contributed by atoms with van der Waals surface area (Å²) in [6.45, 7) is 3.92. The van der Waals surface area contributed by atoms with Crippen LogP contribution < -0.4 is 10.6 Å². The highest BCUT2D eigenvalue weighted by Crippen LogP contribution is 1.98. The van der Waals surface area contributed by atoms with E-state index in [9.17, 15) is 9.59 Å². The zero-order valence-corrected chi connectivity index (χ0v) is 10.4. The Labute approximate surface area is 105 Å². The van der Waals surface area contributed by atoms with Gasteiger partial charge in [-0.25, -0.2) is 9.78 Å². The third-order valence-electron chi connectivity index (χ3n) is 2.28. The van der Waals surface area contributed by atoms with E-state index in [-0.39, 0.29) is 24.9 Å². The van der Waals surface area contributed by atoms with Crippen molar-refractivity contribution >= 4 is 11.9 Å². The Balaban J connectivity index is 2.48. The van der Waals surface area contributed by atoms with Crippen molar-refractivity contribution in [2.24, 2.45) is 0 Å². The molecule has 1 aromatic rings. The van der Waals surface area contributed by atoms with Crippen LogP contribution in [0.3, 0.4) is 0 Å². The molecule has 1 atom stereocenters. The largest absolute Gasteiger partial charge is 0.480 e. The Hall–Kier alpha value is -1.89. The molecular formula is C11H18N4O3. The van der Waals surface area contributed by atoms with Crippen molar-refractivity contribution in [2.75, 3.05) is 6.54 Å². The van der Waals surface area contributed by atoms with Gasteiger partial charge in [0.25, 0.3) is 0 Å². The predicted octanol–water partition coefficient (Wildman–Crippen LogP) is -0.480. The maximum Gasteiger partial charge on any atom is 0.326 e. The van der Waals surface area contributed by atoms with Gasteiger partial charge in [0.1, 0.15) is 6.04 Å². The van der Waals surface area contributed by atoms with Gasteiger partial charge in [0, 0.05) is 24.4 Å². The molecule has 0 aliphatic heterocycles. The molecule has 7 nitrogen and oxygen atoms in total. The second-order valence-corrected chi connectivity index (χ2v) is 4.27. The van der Waals surface area contributed by atoms with Crippen molar-refractivity contribution in [2.45, 2.75) is 32.4 Å². The van der Waals surface area contributed by atoms with Crippen LogP contribution in [0.15, 0.2) is 12.5 Å². The third-order valence-corrected chi connectivity index (χ3v) is 2.28. The van der Waals surface area contributed by atoms with Gasteiger partial charge in [-0.2, -0.15) is 0 Å². The number of carbonyl (C=O) groups excluding carboxylic acids is 1. The van der Waals surface area contributed by atoms with E-state index in [0.717, 1.165) is 0 Å². The number of aromatic nitrogens is 2. The monoisotopic (exact) mass is 254 g/mol. The molecule has 1 aromatic heterocycles. The number of imidazole rings is 1. The minimum atomic E-state index is -1.07. The predicted molar refractivity (Wildman–Crippen MR) is 65.0 cm³/mol. The fourth-order valence-electron chi connectivity index (χ4n) is 1.36. The van der Waals surface area contributed by atoms with Crippen LogP contribution in [0.2, 0.25) is 0 Å². The van der Waals surface area contributed by atoms with Crippen LogP contribution in [0.25, 0.3) is 0 Å². The maximum absolute atomic E-state index is 11.5. The summed E-state index contributed by atoms with van der Waals surface area (Å²) in [6.07, 6.45) is 3.19. The smallest absolute Gasteiger partial charge is 0.326 e. The summed E-state index contributed by atoms with van der Waals surface area (Å²) in [5.41, 5.74) is 0.666. The highest BCUT2D eigenvalue weighted by Gasteiger charge is 2.20. The topological polar surface area (TPSA) is 107 Å². The van der Waals surface area contributed by atoms with Crippen LogP contribution in [0.1, 0.15) is 19.5 Å². The first kappa shape index (κ1) is 14.2. The molecule has 0 radical (unpaired) electrons. The van der Waals surface area contributed by atoms with E-state index in [1.165, 1.54) is 12.5 Å². The highest BCUT2D eigenvalue weighted by atomic mass is 16.4. The number of aromatic amines is 1. The minimum Gasteiger partial charge on any atom is -0.480 e. The van der Waals surface area contributed by atoms with E-state index in [1.807, 2.05) is 13.8 Å². The molecule has 0 saturated carbocycles. The normalized spacial score (nSPS) is 12.4. The lowest BCUT2D eigenvalue weighted by molar-refractivity contribution is -0.141. The van der Waals surface area contributed by atoms with Crippen molar-refractivity contribution in [1.82, 2.24) is 20.6 Å². The molecule has 0 fully saturated rings. The summed E-state index contributed by atoms with van der Waals surface area (Å²) in [5.74, 6) is -1.40. The zero-order chi connectivity index (χ0) is 13.5. The number of nitrogens with zero attached hydrogens (tertiary/aromatic N) is 1. The van der Waals surface area contributed by atoms with Gasteiger partial charge in [-0.3, -0.25) is 4.79 Å². The summed E-state index contributed by atoms with van der Waals surface area (Å²) >= 11 is 0. The lowest BCUT2D eigenvalue weighted by Gasteiger charge is -2.14. The third kappa shape index (κ3) is 4.96. The number of carbonyl (C=O) groups is 2. The number of nitrogens with one attached hydrogen (secondary N) is 3. The number of aliphatic carboxylic acids is 1. The Kier molecular flexibility index (Phi) is 5.31. The molecule has 100 valence electrons. The summed E-state index contributed by atoms with van der Waals surface area (Å²) in [6, 6.07) is -0.779. The molecule has 18 heavy (non-hydrogen) atoms. The van der Waals surface area contributed by atoms with Crippen molar-refractivity contribution in [3.05, 3.63) is 18.2 Å². The molecule has 0 saturated heterocycles. The number of carboxylic acids is 1. The quantitative estimate of drug-likeness (QED) is 0.525. The number of hydrogen-bond donors (Lipinski definition) is 4. The van der Waals surface area contributed by atoms with Crippen molar-refractivity contribution < 1.29 is 14.7 Å². The van der Waals surface area contributed by atoms with Crippen LogP contribution in [-0.2, 0) is 16.0 Å². The molecule has 0 aliphatic carbocycles. The van der Waals surface area contributed by atoms with Gasteiger partial charge < -0.3 is 20.7 Å². The number of hydrogen-bond acceptors (Lipinski definition) is 4. The summed E-state index contributed by atoms with van der Waals surface area (Å²) < 4.78 is 0. The fourth-order valence-corrected chi connectivity index (χ4v) is 1.36. The molecule has 4 N–H and O–H groups in total. The first-order chi connectivity index (χ1) is 8.49. The molecule has 0 spiro atoms. The number of amides is 1. The summed E-state index contributed by atoms with van der Waals surface area (Å²) in [5, 5.41) is 14.4. The first-order valence-electron chi connectivity index (χ1n) is 5.72. The number of carboxylic acid groups (broad SMARTS) is 1. The van der Waals surface area contributed by atoms with Crippen LogP contribution in [-0.4, -0.2) is 45.6 Å². The van der Waals surface area contributed by atoms with Crippen LogP contribution in [0, 0.1) is 0 Å². The van der Waals surface area contributed by atoms with Crippen LogP contribution in [0.5, 0.6) is 0 Å². The standard InChI is InChI=1S/C11H18N4O3/c1-7(2)13-5-10(16)15-9(11(17)18)3-8-4-12-6-14-8/h4,6-7,9,13H,3,5H2,1-2H3,(H,12,14)(H,15,16)(H,17,18)/t9-/m1/s1. The van der Waals surface area contributed by atoms with E-state index in [1.54, 1.807) is 0 Å². The molecule has 0 bridgehead atoms. The van der Waals surface area contributed by atoms with Crippen molar-refractivity contribution in [3.8, 4) is 0 Å². The highest BCUT2D eigenvalue weighted by molar-refractivity contribution is 5.84. The average Bonchev–Trinajstić information content (AvgIpc) is 2.78. The Morgan fingerprint density at radius 1 is 1.50 bits per heavy atom. The van der Waals surface area contributed by atoms with Gasteiger partial charge in [-0.1, -0.05) is 13.8 Å². The van der Waals surface area contributed by atoms with Crippen LogP contribution in [0.4, 0.5) is 0 Å². The second kappa shape index (κ2) is 6.75. The molecular weight excluding hydrogens is 236 g/mol. The van der Waals surface area contributed by atoms with E-state index < -0.39 is 12.0 Å². The lowest BCUT2D eigenvalue weighted by atomic mass is 10.1. The maximum atomic E-state index is 11.5. The van der Waals surface area contributed by atoms with E-state index in [2.05, 4.69) is 20.6 Å². The molecule has 0 aromatic carbocycles. The van der Waals surface area contributed by atoms with E-state index in [4.69, 9.17) is 5.11 Å². The first-order valence-corrected chi connectivity index (χ1v) is 5.72. The van der Waals surface area contributed by atoms with Crippen molar-refractivity contribution in [1.29, 1.82) is 0 Å². The van der Waals surface area contributed by atoms with Gasteiger partial charge in [-0.15, -0.1) is 0 Å². The molecule has 0 unspecified atom stereocenters.